The molecule has 0 bridgehead atoms. The first-order valence-electron chi connectivity index (χ1n) is 3.77. The Labute approximate surface area is 90.6 Å². The summed E-state index contributed by atoms with van der Waals surface area (Å²) in [6.07, 6.45) is 0. The second-order valence-corrected chi connectivity index (χ2v) is 5.69. The molecule has 0 aromatic heterocycles. The Bertz CT molecular complexity index is 161. The van der Waals surface area contributed by atoms with Crippen molar-refractivity contribution >= 4 is 38.2 Å². The van der Waals surface area contributed by atoms with Gasteiger partial charge in [0, 0.05) is 4.83 Å². The smallest absolute Gasteiger partial charge is 0.322 e. The minimum absolute atomic E-state index is 0.0895. The zero-order chi connectivity index (χ0) is 9.94. The molecule has 0 fully saturated rings. The van der Waals surface area contributed by atoms with Crippen molar-refractivity contribution in [3.63, 3.8) is 0 Å². The molecule has 2 atom stereocenters. The zero-order valence-corrected chi connectivity index (χ0v) is 10.9. The summed E-state index contributed by atoms with van der Waals surface area (Å²) in [6, 6.07) is 0. The van der Waals surface area contributed by atoms with E-state index in [2.05, 4.69) is 36.0 Å². The molecule has 4 heteroatoms. The molecule has 0 aliphatic carbocycles. The average Bonchev–Trinajstić information content (AvgIpc) is 1.83. The van der Waals surface area contributed by atoms with Gasteiger partial charge in [0.05, 0.1) is 5.92 Å². The number of carbonyl (C=O) groups excluding carboxylic acids is 1. The highest BCUT2D eigenvalue weighted by molar-refractivity contribution is 9.09. The molecule has 0 aliphatic heterocycles. The third kappa shape index (κ3) is 3.44. The second kappa shape index (κ2) is 4.61. The highest BCUT2D eigenvalue weighted by atomic mass is 79.9. The molecule has 0 heterocycles. The van der Waals surface area contributed by atoms with Crippen LogP contribution in [0.3, 0.4) is 0 Å². The minimum Gasteiger partial charge on any atom is -0.383 e. The van der Waals surface area contributed by atoms with Crippen molar-refractivity contribution in [2.24, 2.45) is 11.3 Å². The lowest BCUT2D eigenvalue weighted by Gasteiger charge is -2.29. The lowest BCUT2D eigenvalue weighted by molar-refractivity contribution is -0.140. The summed E-state index contributed by atoms with van der Waals surface area (Å²) in [7, 11) is 0. The summed E-state index contributed by atoms with van der Waals surface area (Å²) in [5.41, 5.74) is -0.0895. The lowest BCUT2D eigenvalue weighted by atomic mass is 9.79. The van der Waals surface area contributed by atoms with Crippen LogP contribution in [0.1, 0.15) is 27.7 Å². The summed E-state index contributed by atoms with van der Waals surface area (Å²) in [6.45, 7) is 7.98. The maximum absolute atomic E-state index is 11.3. The fourth-order valence-corrected chi connectivity index (χ4v) is 2.49. The third-order valence-corrected chi connectivity index (χ3v) is 2.57. The van der Waals surface area contributed by atoms with E-state index in [1.165, 1.54) is 0 Å². The predicted octanol–water partition coefficient (Wildman–Crippen LogP) is 3.29. The monoisotopic (exact) mass is 300 g/mol. The van der Waals surface area contributed by atoms with Gasteiger partial charge < -0.3 is 3.83 Å². The van der Waals surface area contributed by atoms with Crippen LogP contribution in [0.4, 0.5) is 0 Å². The predicted molar refractivity (Wildman–Crippen MR) is 56.4 cm³/mol. The number of carbonyl (C=O) groups is 1. The van der Waals surface area contributed by atoms with Gasteiger partial charge in [-0.2, -0.15) is 0 Å². The van der Waals surface area contributed by atoms with Crippen LogP contribution in [0.25, 0.3) is 0 Å². The van der Waals surface area contributed by atoms with Crippen molar-refractivity contribution in [3.8, 4) is 0 Å². The van der Waals surface area contributed by atoms with Crippen LogP contribution in [-0.2, 0) is 8.62 Å². The Kier molecular flexibility index (Phi) is 4.77. The van der Waals surface area contributed by atoms with Crippen LogP contribution < -0.4 is 0 Å². The van der Waals surface area contributed by atoms with E-state index in [1.54, 1.807) is 0 Å². The van der Waals surface area contributed by atoms with Crippen LogP contribution in [-0.4, -0.2) is 10.8 Å². The summed E-state index contributed by atoms with van der Waals surface area (Å²) >= 11 is 6.10. The van der Waals surface area contributed by atoms with Crippen molar-refractivity contribution in [2.75, 3.05) is 0 Å². The number of hydrogen-bond acceptors (Lipinski definition) is 2. The van der Waals surface area contributed by atoms with Crippen molar-refractivity contribution in [1.29, 1.82) is 0 Å². The Morgan fingerprint density at radius 1 is 1.42 bits per heavy atom. The van der Waals surface area contributed by atoms with E-state index in [1.807, 2.05) is 27.7 Å². The molecule has 0 aromatic rings. The minimum atomic E-state index is -0.230. The Balaban J connectivity index is 4.56. The first kappa shape index (κ1) is 12.4. The molecule has 0 rings (SSSR count). The SMILES string of the molecule is CC(Br)C(C(=O)OBr)C(C)(C)C. The van der Waals surface area contributed by atoms with E-state index in [9.17, 15) is 4.79 Å². The molecule has 12 heavy (non-hydrogen) atoms. The Morgan fingerprint density at radius 2 is 1.83 bits per heavy atom. The standard InChI is InChI=1S/C8H14Br2O2/c1-5(9)6(7(11)12-10)8(2,3)4/h5-6H,1-4H3. The van der Waals surface area contributed by atoms with E-state index in [4.69, 9.17) is 0 Å². The van der Waals surface area contributed by atoms with Crippen LogP contribution in [0.5, 0.6) is 0 Å². The largest absolute Gasteiger partial charge is 0.383 e. The number of halogens is 2. The molecule has 2 unspecified atom stereocenters. The number of rotatable bonds is 2. The summed E-state index contributed by atoms with van der Waals surface area (Å²) in [4.78, 5) is 11.4. The molecule has 0 saturated heterocycles. The van der Waals surface area contributed by atoms with Gasteiger partial charge in [0.25, 0.3) is 0 Å². The maximum atomic E-state index is 11.3. The molecule has 72 valence electrons. The van der Waals surface area contributed by atoms with Gasteiger partial charge in [0.2, 0.25) is 0 Å². The molecule has 0 radical (unpaired) electrons. The van der Waals surface area contributed by atoms with Crippen LogP contribution in [0, 0.1) is 11.3 Å². The van der Waals surface area contributed by atoms with Crippen molar-refractivity contribution in [3.05, 3.63) is 0 Å². The Hall–Kier alpha value is 0.430. The first-order valence-corrected chi connectivity index (χ1v) is 5.33. The molecule has 0 amide bonds. The van der Waals surface area contributed by atoms with Crippen LogP contribution in [0.15, 0.2) is 0 Å². The summed E-state index contributed by atoms with van der Waals surface area (Å²) in [5.74, 6) is -0.372. The topological polar surface area (TPSA) is 26.3 Å². The van der Waals surface area contributed by atoms with Crippen LogP contribution in [0.2, 0.25) is 0 Å². The average molecular weight is 302 g/mol. The molecule has 0 aliphatic rings. The quantitative estimate of drug-likeness (QED) is 0.732. The molecular formula is C8H14Br2O2. The van der Waals surface area contributed by atoms with Crippen LogP contribution >= 0.6 is 32.2 Å². The highest BCUT2D eigenvalue weighted by Gasteiger charge is 2.35. The summed E-state index contributed by atoms with van der Waals surface area (Å²) in [5, 5.41) is 0. The maximum Gasteiger partial charge on any atom is 0.322 e. The van der Waals surface area contributed by atoms with Gasteiger partial charge in [-0.1, -0.05) is 43.6 Å². The lowest BCUT2D eigenvalue weighted by Crippen LogP contribution is -2.34. The summed E-state index contributed by atoms with van der Waals surface area (Å²) < 4.78 is 4.54. The fourth-order valence-electron chi connectivity index (χ4n) is 1.28. The van der Waals surface area contributed by atoms with Gasteiger partial charge in [0.1, 0.15) is 0 Å². The third-order valence-electron chi connectivity index (χ3n) is 1.72. The molecule has 0 spiro atoms. The fraction of sp³-hybridized carbons (Fsp3) is 0.875. The van der Waals surface area contributed by atoms with Crippen molar-refractivity contribution in [2.45, 2.75) is 32.5 Å². The molecule has 0 saturated carbocycles. The second-order valence-electron chi connectivity index (χ2n) is 3.92. The van der Waals surface area contributed by atoms with E-state index in [-0.39, 0.29) is 22.1 Å². The van der Waals surface area contributed by atoms with Gasteiger partial charge in [-0.15, -0.1) is 0 Å². The van der Waals surface area contributed by atoms with Gasteiger partial charge in [-0.05, 0) is 5.41 Å². The van der Waals surface area contributed by atoms with Gasteiger partial charge in [0.15, 0.2) is 16.3 Å². The first-order chi connectivity index (χ1) is 5.30. The van der Waals surface area contributed by atoms with E-state index in [0.717, 1.165) is 0 Å². The van der Waals surface area contributed by atoms with Crippen molar-refractivity contribution in [1.82, 2.24) is 0 Å². The normalized spacial score (nSPS) is 16.8. The highest BCUT2D eigenvalue weighted by Crippen LogP contribution is 2.33. The van der Waals surface area contributed by atoms with Crippen molar-refractivity contribution < 1.29 is 8.62 Å². The number of hydrogen-bond donors (Lipinski definition) is 0. The van der Waals surface area contributed by atoms with E-state index < -0.39 is 0 Å². The zero-order valence-electron chi connectivity index (χ0n) is 7.73. The molecule has 0 aromatic carbocycles. The van der Waals surface area contributed by atoms with E-state index >= 15 is 0 Å². The van der Waals surface area contributed by atoms with Gasteiger partial charge >= 0.3 is 5.97 Å². The Morgan fingerprint density at radius 3 is 1.92 bits per heavy atom. The molecular weight excluding hydrogens is 288 g/mol. The van der Waals surface area contributed by atoms with Gasteiger partial charge in [-0.3, -0.25) is 4.79 Å². The molecule has 0 N–H and O–H groups in total. The molecule has 2 nitrogen and oxygen atoms in total. The van der Waals surface area contributed by atoms with Gasteiger partial charge in [-0.25, -0.2) is 0 Å². The van der Waals surface area contributed by atoms with E-state index in [0.29, 0.717) is 0 Å². The number of alkyl halides is 1.